The molecule has 1 saturated heterocycles. The minimum absolute atomic E-state index is 0.168. The molecule has 0 aliphatic carbocycles. The van der Waals surface area contributed by atoms with Crippen molar-refractivity contribution in [1.29, 1.82) is 0 Å². The van der Waals surface area contributed by atoms with Gasteiger partial charge in [0.15, 0.2) is 0 Å². The molecule has 0 spiro atoms. The lowest BCUT2D eigenvalue weighted by molar-refractivity contribution is -0.126. The Labute approximate surface area is 89.8 Å². The molecule has 1 aliphatic heterocycles. The molecular weight excluding hydrogens is 196 g/mol. The van der Waals surface area contributed by atoms with Crippen molar-refractivity contribution in [3.05, 3.63) is 0 Å². The SMILES string of the molecule is COCC(C)(C)N1CC(C)C(=O)NC1=O. The number of urea groups is 1. The van der Waals surface area contributed by atoms with E-state index in [1.807, 2.05) is 13.8 Å². The van der Waals surface area contributed by atoms with Gasteiger partial charge in [-0.1, -0.05) is 6.92 Å². The molecular formula is C10H18N2O3. The highest BCUT2D eigenvalue weighted by Crippen LogP contribution is 2.19. The smallest absolute Gasteiger partial charge is 0.324 e. The molecule has 3 amide bonds. The first-order valence-corrected chi connectivity index (χ1v) is 5.00. The maximum absolute atomic E-state index is 11.6. The lowest BCUT2D eigenvalue weighted by atomic mass is 10.00. The summed E-state index contributed by atoms with van der Waals surface area (Å²) in [4.78, 5) is 24.5. The second-order valence-corrected chi connectivity index (χ2v) is 4.55. The number of amides is 3. The maximum Gasteiger partial charge on any atom is 0.324 e. The normalized spacial score (nSPS) is 22.9. The van der Waals surface area contributed by atoms with E-state index >= 15 is 0 Å². The lowest BCUT2D eigenvalue weighted by Gasteiger charge is -2.41. The van der Waals surface area contributed by atoms with Crippen molar-refractivity contribution in [3.8, 4) is 0 Å². The molecule has 1 atom stereocenters. The Balaban J connectivity index is 2.77. The van der Waals surface area contributed by atoms with Crippen molar-refractivity contribution >= 4 is 11.9 Å². The average molecular weight is 214 g/mol. The zero-order valence-electron chi connectivity index (χ0n) is 9.66. The van der Waals surface area contributed by atoms with Gasteiger partial charge in [-0.3, -0.25) is 10.1 Å². The van der Waals surface area contributed by atoms with Crippen molar-refractivity contribution in [1.82, 2.24) is 10.2 Å². The predicted octanol–water partition coefficient (Wildman–Crippen LogP) is 0.599. The van der Waals surface area contributed by atoms with Gasteiger partial charge >= 0.3 is 6.03 Å². The molecule has 0 aromatic heterocycles. The molecule has 1 N–H and O–H groups in total. The second kappa shape index (κ2) is 4.18. The van der Waals surface area contributed by atoms with Gasteiger partial charge in [-0.2, -0.15) is 0 Å². The van der Waals surface area contributed by atoms with Gasteiger partial charge in [0.2, 0.25) is 5.91 Å². The molecule has 5 nitrogen and oxygen atoms in total. The number of hydrogen-bond donors (Lipinski definition) is 1. The second-order valence-electron chi connectivity index (χ2n) is 4.55. The first-order chi connectivity index (χ1) is 6.88. The fraction of sp³-hybridized carbons (Fsp3) is 0.800. The van der Waals surface area contributed by atoms with Crippen LogP contribution in [0.25, 0.3) is 0 Å². The van der Waals surface area contributed by atoms with E-state index in [0.29, 0.717) is 13.2 Å². The van der Waals surface area contributed by atoms with Crippen molar-refractivity contribution in [2.45, 2.75) is 26.3 Å². The Morgan fingerprint density at radius 2 is 2.13 bits per heavy atom. The fourth-order valence-electron chi connectivity index (χ4n) is 1.69. The van der Waals surface area contributed by atoms with Crippen LogP contribution < -0.4 is 5.32 Å². The number of rotatable bonds is 3. The topological polar surface area (TPSA) is 58.6 Å². The van der Waals surface area contributed by atoms with Gasteiger partial charge in [-0.15, -0.1) is 0 Å². The lowest BCUT2D eigenvalue weighted by Crippen LogP contribution is -2.61. The molecule has 1 unspecified atom stereocenters. The molecule has 0 bridgehead atoms. The number of nitrogens with zero attached hydrogens (tertiary/aromatic N) is 1. The van der Waals surface area contributed by atoms with Gasteiger partial charge < -0.3 is 9.64 Å². The Morgan fingerprint density at radius 3 is 2.67 bits per heavy atom. The Bertz CT molecular complexity index is 276. The highest BCUT2D eigenvalue weighted by atomic mass is 16.5. The van der Waals surface area contributed by atoms with Crippen LogP contribution in [0.5, 0.6) is 0 Å². The molecule has 1 heterocycles. The van der Waals surface area contributed by atoms with Crippen LogP contribution >= 0.6 is 0 Å². The van der Waals surface area contributed by atoms with Crippen LogP contribution in [0.4, 0.5) is 4.79 Å². The molecule has 0 aromatic carbocycles. The summed E-state index contributed by atoms with van der Waals surface area (Å²) < 4.78 is 5.06. The first kappa shape index (κ1) is 12.0. The monoisotopic (exact) mass is 214 g/mol. The molecule has 1 aliphatic rings. The van der Waals surface area contributed by atoms with Gasteiger partial charge in [0.25, 0.3) is 0 Å². The number of nitrogens with one attached hydrogen (secondary N) is 1. The van der Waals surface area contributed by atoms with Crippen molar-refractivity contribution in [2.75, 3.05) is 20.3 Å². The van der Waals surface area contributed by atoms with E-state index in [1.54, 1.807) is 18.9 Å². The number of hydrogen-bond acceptors (Lipinski definition) is 3. The van der Waals surface area contributed by atoms with E-state index in [0.717, 1.165) is 0 Å². The van der Waals surface area contributed by atoms with E-state index in [1.165, 1.54) is 0 Å². The molecule has 0 saturated carbocycles. The van der Waals surface area contributed by atoms with Crippen molar-refractivity contribution in [3.63, 3.8) is 0 Å². The molecule has 0 aromatic rings. The van der Waals surface area contributed by atoms with E-state index in [2.05, 4.69) is 5.32 Å². The molecule has 1 rings (SSSR count). The summed E-state index contributed by atoms with van der Waals surface area (Å²) in [5.41, 5.74) is -0.395. The van der Waals surface area contributed by atoms with Crippen molar-refractivity contribution in [2.24, 2.45) is 5.92 Å². The quantitative estimate of drug-likeness (QED) is 0.748. The maximum atomic E-state index is 11.6. The van der Waals surface area contributed by atoms with Crippen LogP contribution in [0.2, 0.25) is 0 Å². The standard InChI is InChI=1S/C10H18N2O3/c1-7-5-12(9(14)11-8(7)13)10(2,3)6-15-4/h7H,5-6H2,1-4H3,(H,11,13,14). The first-order valence-electron chi connectivity index (χ1n) is 5.00. The van der Waals surface area contributed by atoms with Gasteiger partial charge in [-0.25, -0.2) is 4.79 Å². The van der Waals surface area contributed by atoms with E-state index in [-0.39, 0.29) is 17.9 Å². The third-order valence-electron chi connectivity index (χ3n) is 2.61. The summed E-state index contributed by atoms with van der Waals surface area (Å²) in [5, 5.41) is 2.34. The highest BCUT2D eigenvalue weighted by molar-refractivity contribution is 5.98. The van der Waals surface area contributed by atoms with Gasteiger partial charge in [0.1, 0.15) is 0 Å². The van der Waals surface area contributed by atoms with E-state index in [4.69, 9.17) is 4.74 Å². The number of carbonyl (C=O) groups excluding carboxylic acids is 2. The summed E-state index contributed by atoms with van der Waals surface area (Å²) in [6, 6.07) is -0.333. The fourth-order valence-corrected chi connectivity index (χ4v) is 1.69. The number of ether oxygens (including phenoxy) is 1. The van der Waals surface area contributed by atoms with Crippen LogP contribution in [-0.4, -0.2) is 42.6 Å². The summed E-state index contributed by atoms with van der Waals surface area (Å²) in [6.07, 6.45) is 0. The molecule has 1 fully saturated rings. The van der Waals surface area contributed by atoms with Crippen molar-refractivity contribution < 1.29 is 14.3 Å². The number of imide groups is 1. The predicted molar refractivity (Wildman–Crippen MR) is 55.4 cm³/mol. The zero-order valence-corrected chi connectivity index (χ0v) is 9.66. The van der Waals surface area contributed by atoms with Crippen LogP contribution in [0.1, 0.15) is 20.8 Å². The van der Waals surface area contributed by atoms with Crippen LogP contribution in [0, 0.1) is 5.92 Å². The van der Waals surface area contributed by atoms with E-state index in [9.17, 15) is 9.59 Å². The molecule has 15 heavy (non-hydrogen) atoms. The minimum Gasteiger partial charge on any atom is -0.382 e. The third kappa shape index (κ3) is 2.47. The third-order valence-corrected chi connectivity index (χ3v) is 2.61. The van der Waals surface area contributed by atoms with Crippen LogP contribution in [0.3, 0.4) is 0 Å². The number of methoxy groups -OCH3 is 1. The Kier molecular flexibility index (Phi) is 3.34. The van der Waals surface area contributed by atoms with E-state index < -0.39 is 5.54 Å². The zero-order chi connectivity index (χ0) is 11.6. The number of carbonyl (C=O) groups is 2. The van der Waals surface area contributed by atoms with Crippen LogP contribution in [0.15, 0.2) is 0 Å². The summed E-state index contributed by atoms with van der Waals surface area (Å²) in [5.74, 6) is -0.372. The van der Waals surface area contributed by atoms with Gasteiger partial charge in [0.05, 0.1) is 18.1 Å². The molecule has 5 heteroatoms. The van der Waals surface area contributed by atoms with Gasteiger partial charge in [-0.05, 0) is 13.8 Å². The summed E-state index contributed by atoms with van der Waals surface area (Å²) in [7, 11) is 1.60. The molecule has 86 valence electrons. The average Bonchev–Trinajstić information content (AvgIpc) is 2.11. The summed E-state index contributed by atoms with van der Waals surface area (Å²) in [6.45, 7) is 6.53. The Morgan fingerprint density at radius 1 is 1.53 bits per heavy atom. The Hall–Kier alpha value is -1.10. The van der Waals surface area contributed by atoms with Crippen LogP contribution in [-0.2, 0) is 9.53 Å². The highest BCUT2D eigenvalue weighted by Gasteiger charge is 2.37. The molecule has 0 radical (unpaired) electrons. The summed E-state index contributed by atoms with van der Waals surface area (Å²) >= 11 is 0. The largest absolute Gasteiger partial charge is 0.382 e. The minimum atomic E-state index is -0.395. The van der Waals surface area contributed by atoms with Gasteiger partial charge in [0, 0.05) is 13.7 Å².